The van der Waals surface area contributed by atoms with E-state index in [1.807, 2.05) is 38.1 Å². The number of anilines is 1. The summed E-state index contributed by atoms with van der Waals surface area (Å²) >= 11 is 0. The second-order valence-electron chi connectivity index (χ2n) is 8.03. The molecule has 28 heavy (non-hydrogen) atoms. The molecule has 0 atom stereocenters. The van der Waals surface area contributed by atoms with Crippen molar-refractivity contribution in [3.63, 3.8) is 0 Å². The van der Waals surface area contributed by atoms with Crippen LogP contribution >= 0.6 is 0 Å². The molecule has 2 aromatic carbocycles. The zero-order chi connectivity index (χ0) is 19.8. The van der Waals surface area contributed by atoms with Crippen molar-refractivity contribution in [3.8, 4) is 0 Å². The fraction of sp³-hybridized carbons (Fsp3) is 0.458. The van der Waals surface area contributed by atoms with Crippen molar-refractivity contribution < 1.29 is 9.53 Å². The second-order valence-corrected chi connectivity index (χ2v) is 8.03. The van der Waals surface area contributed by atoms with Gasteiger partial charge in [0.1, 0.15) is 6.61 Å². The SMILES string of the molecule is Cc1cc(C)cc(NC(=O)OCc2ccc(CNCC3CCCCC3)cc2)c1. The number of amides is 1. The summed E-state index contributed by atoms with van der Waals surface area (Å²) in [6.45, 7) is 6.30. The molecule has 2 aromatic rings. The average molecular weight is 381 g/mol. The van der Waals surface area contributed by atoms with E-state index in [1.54, 1.807) is 0 Å². The number of rotatable bonds is 7. The van der Waals surface area contributed by atoms with Crippen LogP contribution in [-0.2, 0) is 17.9 Å². The van der Waals surface area contributed by atoms with Crippen molar-refractivity contribution in [1.29, 1.82) is 0 Å². The van der Waals surface area contributed by atoms with Gasteiger partial charge in [-0.05, 0) is 73.5 Å². The zero-order valence-corrected chi connectivity index (χ0v) is 17.1. The van der Waals surface area contributed by atoms with Crippen molar-refractivity contribution in [2.75, 3.05) is 11.9 Å². The van der Waals surface area contributed by atoms with Gasteiger partial charge >= 0.3 is 6.09 Å². The van der Waals surface area contributed by atoms with Gasteiger partial charge in [-0.3, -0.25) is 5.32 Å². The molecule has 150 valence electrons. The van der Waals surface area contributed by atoms with Crippen LogP contribution in [0.2, 0.25) is 0 Å². The molecular weight excluding hydrogens is 348 g/mol. The van der Waals surface area contributed by atoms with E-state index in [0.29, 0.717) is 0 Å². The van der Waals surface area contributed by atoms with Crippen LogP contribution in [0, 0.1) is 19.8 Å². The Morgan fingerprint density at radius 3 is 2.29 bits per heavy atom. The molecule has 1 saturated carbocycles. The van der Waals surface area contributed by atoms with Gasteiger partial charge in [0.15, 0.2) is 0 Å². The van der Waals surface area contributed by atoms with E-state index in [4.69, 9.17) is 4.74 Å². The number of ether oxygens (including phenoxy) is 1. The zero-order valence-electron chi connectivity index (χ0n) is 17.1. The molecule has 4 nitrogen and oxygen atoms in total. The number of benzene rings is 2. The normalized spacial score (nSPS) is 14.6. The second kappa shape index (κ2) is 10.3. The number of hydrogen-bond donors (Lipinski definition) is 2. The molecule has 1 aliphatic carbocycles. The first kappa shape index (κ1) is 20.4. The minimum atomic E-state index is -0.428. The van der Waals surface area contributed by atoms with Crippen LogP contribution in [0.3, 0.4) is 0 Å². The van der Waals surface area contributed by atoms with Crippen LogP contribution in [0.1, 0.15) is 54.4 Å². The minimum Gasteiger partial charge on any atom is -0.444 e. The number of carbonyl (C=O) groups excluding carboxylic acids is 1. The molecule has 2 N–H and O–H groups in total. The molecule has 0 heterocycles. The Labute approximate surface area is 168 Å². The maximum absolute atomic E-state index is 12.0. The fourth-order valence-corrected chi connectivity index (χ4v) is 3.91. The summed E-state index contributed by atoms with van der Waals surface area (Å²) < 4.78 is 5.35. The first-order valence-electron chi connectivity index (χ1n) is 10.4. The molecule has 1 fully saturated rings. The van der Waals surface area contributed by atoms with Crippen LogP contribution in [0.25, 0.3) is 0 Å². The third-order valence-electron chi connectivity index (χ3n) is 5.35. The Morgan fingerprint density at radius 2 is 1.61 bits per heavy atom. The van der Waals surface area contributed by atoms with Gasteiger partial charge in [-0.1, -0.05) is 49.6 Å². The summed E-state index contributed by atoms with van der Waals surface area (Å²) in [5.74, 6) is 0.845. The largest absolute Gasteiger partial charge is 0.444 e. The highest BCUT2D eigenvalue weighted by Crippen LogP contribution is 2.22. The van der Waals surface area contributed by atoms with Gasteiger partial charge in [-0.25, -0.2) is 4.79 Å². The predicted molar refractivity (Wildman–Crippen MR) is 114 cm³/mol. The van der Waals surface area contributed by atoms with E-state index in [0.717, 1.165) is 41.4 Å². The Kier molecular flexibility index (Phi) is 7.49. The summed E-state index contributed by atoms with van der Waals surface area (Å²) in [4.78, 5) is 12.0. The van der Waals surface area contributed by atoms with Gasteiger partial charge in [0.25, 0.3) is 0 Å². The Balaban J connectivity index is 1.39. The lowest BCUT2D eigenvalue weighted by atomic mass is 9.89. The Hall–Kier alpha value is -2.33. The molecule has 0 bridgehead atoms. The van der Waals surface area contributed by atoms with E-state index < -0.39 is 6.09 Å². The van der Waals surface area contributed by atoms with Gasteiger partial charge < -0.3 is 10.1 Å². The Bertz CT molecular complexity index is 744. The smallest absolute Gasteiger partial charge is 0.411 e. The first-order chi connectivity index (χ1) is 13.6. The lowest BCUT2D eigenvalue weighted by molar-refractivity contribution is 0.155. The molecule has 0 saturated heterocycles. The van der Waals surface area contributed by atoms with Crippen molar-refractivity contribution >= 4 is 11.8 Å². The van der Waals surface area contributed by atoms with Gasteiger partial charge in [-0.2, -0.15) is 0 Å². The lowest BCUT2D eigenvalue weighted by Gasteiger charge is -2.21. The van der Waals surface area contributed by atoms with Crippen LogP contribution in [0.15, 0.2) is 42.5 Å². The quantitative estimate of drug-likeness (QED) is 0.646. The van der Waals surface area contributed by atoms with E-state index in [2.05, 4.69) is 28.8 Å². The predicted octanol–water partition coefficient (Wildman–Crippen LogP) is 5.72. The van der Waals surface area contributed by atoms with Gasteiger partial charge in [0.05, 0.1) is 0 Å². The molecule has 1 amide bonds. The van der Waals surface area contributed by atoms with Gasteiger partial charge in [0, 0.05) is 12.2 Å². The topological polar surface area (TPSA) is 50.4 Å². The van der Waals surface area contributed by atoms with Crippen LogP contribution < -0.4 is 10.6 Å². The van der Waals surface area contributed by atoms with E-state index in [-0.39, 0.29) is 6.61 Å². The van der Waals surface area contributed by atoms with Crippen molar-refractivity contribution in [3.05, 3.63) is 64.7 Å². The molecule has 4 heteroatoms. The highest BCUT2D eigenvalue weighted by Gasteiger charge is 2.12. The first-order valence-corrected chi connectivity index (χ1v) is 10.4. The van der Waals surface area contributed by atoms with Crippen LogP contribution in [0.5, 0.6) is 0 Å². The van der Waals surface area contributed by atoms with Crippen molar-refractivity contribution in [1.82, 2.24) is 5.32 Å². The molecule has 1 aliphatic rings. The summed E-state index contributed by atoms with van der Waals surface area (Å²) in [5.41, 5.74) is 5.25. The van der Waals surface area contributed by atoms with E-state index in [1.165, 1.54) is 37.7 Å². The maximum atomic E-state index is 12.0. The average Bonchev–Trinajstić information content (AvgIpc) is 2.67. The standard InChI is InChI=1S/C24H32N2O2/c1-18-12-19(2)14-23(13-18)26-24(27)28-17-22-10-8-21(9-11-22)16-25-15-20-6-4-3-5-7-20/h8-14,20,25H,3-7,15-17H2,1-2H3,(H,26,27). The summed E-state index contributed by atoms with van der Waals surface area (Å²) in [7, 11) is 0. The molecule has 3 rings (SSSR count). The van der Waals surface area contributed by atoms with Crippen molar-refractivity contribution in [2.45, 2.75) is 59.1 Å². The Morgan fingerprint density at radius 1 is 0.964 bits per heavy atom. The monoisotopic (exact) mass is 380 g/mol. The van der Waals surface area contributed by atoms with Crippen LogP contribution in [-0.4, -0.2) is 12.6 Å². The summed E-state index contributed by atoms with van der Waals surface area (Å²) in [6.07, 6.45) is 6.49. The molecule has 0 unspecified atom stereocenters. The summed E-state index contributed by atoms with van der Waals surface area (Å²) in [6, 6.07) is 14.2. The maximum Gasteiger partial charge on any atom is 0.411 e. The van der Waals surface area contributed by atoms with E-state index in [9.17, 15) is 4.79 Å². The molecule has 0 spiro atoms. The fourth-order valence-electron chi connectivity index (χ4n) is 3.91. The van der Waals surface area contributed by atoms with Crippen LogP contribution in [0.4, 0.5) is 10.5 Å². The lowest BCUT2D eigenvalue weighted by Crippen LogP contribution is -2.24. The number of hydrogen-bond acceptors (Lipinski definition) is 3. The minimum absolute atomic E-state index is 0.270. The number of carbonyl (C=O) groups is 1. The molecule has 0 aliphatic heterocycles. The third-order valence-corrected chi connectivity index (χ3v) is 5.35. The summed E-state index contributed by atoms with van der Waals surface area (Å²) in [5, 5.41) is 6.38. The highest BCUT2D eigenvalue weighted by atomic mass is 16.5. The third kappa shape index (κ3) is 6.68. The van der Waals surface area contributed by atoms with Gasteiger partial charge in [-0.15, -0.1) is 0 Å². The van der Waals surface area contributed by atoms with Crippen molar-refractivity contribution in [2.24, 2.45) is 5.92 Å². The highest BCUT2D eigenvalue weighted by molar-refractivity contribution is 5.84. The van der Waals surface area contributed by atoms with Gasteiger partial charge in [0.2, 0.25) is 0 Å². The number of nitrogens with one attached hydrogen (secondary N) is 2. The molecule has 0 aromatic heterocycles. The molecule has 0 radical (unpaired) electrons. The number of aryl methyl sites for hydroxylation is 2. The van der Waals surface area contributed by atoms with E-state index >= 15 is 0 Å². The molecular formula is C24H32N2O2.